The maximum absolute atomic E-state index is 13.0. The van der Waals surface area contributed by atoms with Crippen LogP contribution in [0.25, 0.3) is 0 Å². The molecule has 2 unspecified atom stereocenters. The fourth-order valence-electron chi connectivity index (χ4n) is 3.58. The van der Waals surface area contributed by atoms with Crippen LogP contribution in [0.4, 0.5) is 4.39 Å². The highest BCUT2D eigenvalue weighted by Gasteiger charge is 2.42. The number of hydrogen-bond acceptors (Lipinski definition) is 2. The summed E-state index contributed by atoms with van der Waals surface area (Å²) >= 11 is 0. The van der Waals surface area contributed by atoms with Gasteiger partial charge in [-0.3, -0.25) is 9.59 Å². The average molecular weight is 341 g/mol. The van der Waals surface area contributed by atoms with Crippen molar-refractivity contribution < 1.29 is 19.1 Å². The van der Waals surface area contributed by atoms with Gasteiger partial charge in [0.2, 0.25) is 0 Å². The van der Waals surface area contributed by atoms with Crippen LogP contribution in [0, 0.1) is 5.82 Å². The number of halogens is 1. The number of fused-ring (bicyclic) bond motifs is 1. The van der Waals surface area contributed by atoms with Gasteiger partial charge in [0.15, 0.2) is 0 Å². The Morgan fingerprint density at radius 2 is 1.84 bits per heavy atom. The molecule has 0 bridgehead atoms. The summed E-state index contributed by atoms with van der Waals surface area (Å²) in [7, 11) is 0. The molecule has 1 heterocycles. The van der Waals surface area contributed by atoms with E-state index in [2.05, 4.69) is 0 Å². The Morgan fingerprint density at radius 1 is 1.16 bits per heavy atom. The Labute approximate surface area is 145 Å². The van der Waals surface area contributed by atoms with E-state index in [0.717, 1.165) is 5.56 Å². The standard InChI is InChI=1S/C20H20FNO3/c1-2-17-18(20(24)25)15-5-3-4-6-16(15)19(23)22(17)12-11-13-7-9-14(21)10-8-13/h3-10,17-18H,2,11-12H2,1H3,(H,24,25). The third kappa shape index (κ3) is 3.27. The van der Waals surface area contributed by atoms with E-state index in [0.29, 0.717) is 30.5 Å². The number of carbonyl (C=O) groups excluding carboxylic acids is 1. The van der Waals surface area contributed by atoms with Gasteiger partial charge in [-0.15, -0.1) is 0 Å². The van der Waals surface area contributed by atoms with Crippen LogP contribution in [-0.4, -0.2) is 34.5 Å². The van der Waals surface area contributed by atoms with Gasteiger partial charge in [-0.2, -0.15) is 0 Å². The Hall–Kier alpha value is -2.69. The lowest BCUT2D eigenvalue weighted by Gasteiger charge is -2.40. The number of amides is 1. The third-order valence-electron chi connectivity index (χ3n) is 4.81. The molecule has 1 aliphatic heterocycles. The van der Waals surface area contributed by atoms with Crippen molar-refractivity contribution in [2.75, 3.05) is 6.54 Å². The van der Waals surface area contributed by atoms with Gasteiger partial charge >= 0.3 is 5.97 Å². The van der Waals surface area contributed by atoms with Gasteiger partial charge in [0.1, 0.15) is 11.7 Å². The highest BCUT2D eigenvalue weighted by Crippen LogP contribution is 2.35. The van der Waals surface area contributed by atoms with E-state index in [1.54, 1.807) is 41.3 Å². The van der Waals surface area contributed by atoms with Gasteiger partial charge in [0.25, 0.3) is 5.91 Å². The summed E-state index contributed by atoms with van der Waals surface area (Å²) in [5.41, 5.74) is 1.96. The smallest absolute Gasteiger partial charge is 0.313 e. The molecule has 1 N–H and O–H groups in total. The summed E-state index contributed by atoms with van der Waals surface area (Å²) < 4.78 is 13.0. The van der Waals surface area contributed by atoms with Crippen molar-refractivity contribution in [3.63, 3.8) is 0 Å². The van der Waals surface area contributed by atoms with E-state index < -0.39 is 11.9 Å². The Bertz CT molecular complexity index is 788. The van der Waals surface area contributed by atoms with Crippen molar-refractivity contribution in [3.8, 4) is 0 Å². The summed E-state index contributed by atoms with van der Waals surface area (Å²) in [6.07, 6.45) is 1.11. The fourth-order valence-corrected chi connectivity index (χ4v) is 3.58. The number of nitrogens with zero attached hydrogens (tertiary/aromatic N) is 1. The highest BCUT2D eigenvalue weighted by molar-refractivity contribution is 6.00. The predicted octanol–water partition coefficient (Wildman–Crippen LogP) is 3.47. The largest absolute Gasteiger partial charge is 0.481 e. The summed E-state index contributed by atoms with van der Waals surface area (Å²) in [5.74, 6) is -2.09. The number of benzene rings is 2. The first-order chi connectivity index (χ1) is 12.0. The van der Waals surface area contributed by atoms with Crippen LogP contribution in [0.1, 0.15) is 40.7 Å². The normalized spacial score (nSPS) is 19.6. The van der Waals surface area contributed by atoms with Crippen molar-refractivity contribution in [1.82, 2.24) is 4.90 Å². The van der Waals surface area contributed by atoms with E-state index >= 15 is 0 Å². The molecule has 0 radical (unpaired) electrons. The number of carboxylic acid groups (broad SMARTS) is 1. The first kappa shape index (κ1) is 17.1. The molecule has 130 valence electrons. The average Bonchev–Trinajstić information content (AvgIpc) is 2.61. The zero-order chi connectivity index (χ0) is 18.0. The van der Waals surface area contributed by atoms with E-state index in [1.165, 1.54) is 12.1 Å². The molecule has 2 atom stereocenters. The van der Waals surface area contributed by atoms with Crippen LogP contribution in [0.15, 0.2) is 48.5 Å². The van der Waals surface area contributed by atoms with Crippen LogP contribution >= 0.6 is 0 Å². The van der Waals surface area contributed by atoms with Crippen LogP contribution in [0.3, 0.4) is 0 Å². The molecule has 3 rings (SSSR count). The summed E-state index contributed by atoms with van der Waals surface area (Å²) in [4.78, 5) is 26.4. The molecule has 2 aromatic carbocycles. The van der Waals surface area contributed by atoms with Gasteiger partial charge in [-0.25, -0.2) is 4.39 Å². The Morgan fingerprint density at radius 3 is 2.48 bits per heavy atom. The minimum Gasteiger partial charge on any atom is -0.481 e. The lowest BCUT2D eigenvalue weighted by atomic mass is 9.81. The predicted molar refractivity (Wildman–Crippen MR) is 92.0 cm³/mol. The molecule has 25 heavy (non-hydrogen) atoms. The van der Waals surface area contributed by atoms with E-state index in [-0.39, 0.29) is 17.8 Å². The molecule has 0 saturated heterocycles. The third-order valence-corrected chi connectivity index (χ3v) is 4.81. The zero-order valence-corrected chi connectivity index (χ0v) is 14.0. The van der Waals surface area contributed by atoms with Crippen molar-refractivity contribution in [3.05, 3.63) is 71.0 Å². The number of hydrogen-bond donors (Lipinski definition) is 1. The Kier molecular flexibility index (Phi) is 4.83. The van der Waals surface area contributed by atoms with Gasteiger partial charge in [-0.05, 0) is 42.2 Å². The molecule has 1 amide bonds. The second kappa shape index (κ2) is 7.05. The maximum atomic E-state index is 13.0. The lowest BCUT2D eigenvalue weighted by molar-refractivity contribution is -0.140. The lowest BCUT2D eigenvalue weighted by Crippen LogP contribution is -2.50. The number of carbonyl (C=O) groups is 2. The zero-order valence-electron chi connectivity index (χ0n) is 14.0. The summed E-state index contributed by atoms with van der Waals surface area (Å²) in [6.45, 7) is 2.30. The van der Waals surface area contributed by atoms with Crippen molar-refractivity contribution >= 4 is 11.9 Å². The molecule has 0 aromatic heterocycles. The molecular formula is C20H20FNO3. The molecule has 0 fully saturated rings. The molecule has 2 aromatic rings. The molecule has 1 aliphatic rings. The van der Waals surface area contributed by atoms with E-state index in [9.17, 15) is 19.1 Å². The summed E-state index contributed by atoms with van der Waals surface area (Å²) in [5, 5.41) is 9.73. The minimum atomic E-state index is -0.918. The van der Waals surface area contributed by atoms with Crippen molar-refractivity contribution in [2.45, 2.75) is 31.7 Å². The molecule has 0 aliphatic carbocycles. The quantitative estimate of drug-likeness (QED) is 0.906. The second-order valence-electron chi connectivity index (χ2n) is 6.25. The van der Waals surface area contributed by atoms with Crippen LogP contribution in [0.5, 0.6) is 0 Å². The van der Waals surface area contributed by atoms with Gasteiger partial charge in [0.05, 0.1) is 0 Å². The summed E-state index contributed by atoms with van der Waals surface area (Å²) in [6, 6.07) is 12.7. The molecule has 5 heteroatoms. The van der Waals surface area contributed by atoms with E-state index in [4.69, 9.17) is 0 Å². The van der Waals surface area contributed by atoms with Crippen molar-refractivity contribution in [2.24, 2.45) is 0 Å². The van der Waals surface area contributed by atoms with Crippen LogP contribution in [0.2, 0.25) is 0 Å². The van der Waals surface area contributed by atoms with Gasteiger partial charge in [-0.1, -0.05) is 37.3 Å². The number of rotatable bonds is 5. The molecule has 0 saturated carbocycles. The van der Waals surface area contributed by atoms with Crippen molar-refractivity contribution in [1.29, 1.82) is 0 Å². The van der Waals surface area contributed by atoms with E-state index in [1.807, 2.05) is 6.92 Å². The van der Waals surface area contributed by atoms with Crippen LogP contribution < -0.4 is 0 Å². The molecule has 4 nitrogen and oxygen atoms in total. The number of carboxylic acids is 1. The van der Waals surface area contributed by atoms with Crippen LogP contribution in [-0.2, 0) is 11.2 Å². The monoisotopic (exact) mass is 341 g/mol. The first-order valence-corrected chi connectivity index (χ1v) is 8.40. The maximum Gasteiger partial charge on any atom is 0.313 e. The topological polar surface area (TPSA) is 57.6 Å². The van der Waals surface area contributed by atoms with Gasteiger partial charge in [0, 0.05) is 18.2 Å². The SMILES string of the molecule is CCC1C(C(=O)O)c2ccccc2C(=O)N1CCc1ccc(F)cc1. The molecule has 0 spiro atoms. The Balaban J connectivity index is 1.90. The second-order valence-corrected chi connectivity index (χ2v) is 6.25. The first-order valence-electron chi connectivity index (χ1n) is 8.40. The van der Waals surface area contributed by atoms with Gasteiger partial charge < -0.3 is 10.0 Å². The minimum absolute atomic E-state index is 0.137. The fraction of sp³-hybridized carbons (Fsp3) is 0.300. The molecular weight excluding hydrogens is 321 g/mol. The number of aliphatic carboxylic acids is 1. The highest BCUT2D eigenvalue weighted by atomic mass is 19.1.